The Morgan fingerprint density at radius 1 is 1.23 bits per heavy atom. The molecule has 0 saturated heterocycles. The van der Waals surface area contributed by atoms with E-state index in [2.05, 4.69) is 10.1 Å². The summed E-state index contributed by atoms with van der Waals surface area (Å²) < 4.78 is 32.9. The summed E-state index contributed by atoms with van der Waals surface area (Å²) in [5.74, 6) is -1.03. The molecule has 0 aliphatic carbocycles. The molecule has 7 heteroatoms. The van der Waals surface area contributed by atoms with E-state index in [-0.39, 0.29) is 24.3 Å². The molecular formula is C15H17F2NO4. The molecule has 22 heavy (non-hydrogen) atoms. The normalized spacial score (nSPS) is 11.0. The molecule has 120 valence electrons. The lowest BCUT2D eigenvalue weighted by molar-refractivity contribution is -0.143. The Hall–Kier alpha value is -2.44. The number of rotatable bonds is 7. The van der Waals surface area contributed by atoms with Gasteiger partial charge in [0.2, 0.25) is 0 Å². The van der Waals surface area contributed by atoms with Gasteiger partial charge in [-0.2, -0.15) is 8.78 Å². The largest absolute Gasteiger partial charge is 0.452 e. The molecule has 5 nitrogen and oxygen atoms in total. The summed E-state index contributed by atoms with van der Waals surface area (Å²) in [5.41, 5.74) is 0.602. The van der Waals surface area contributed by atoms with E-state index in [1.807, 2.05) is 0 Å². The van der Waals surface area contributed by atoms with E-state index < -0.39 is 12.6 Å². The Morgan fingerprint density at radius 3 is 2.41 bits per heavy atom. The highest BCUT2D eigenvalue weighted by Crippen LogP contribution is 2.15. The van der Waals surface area contributed by atoms with Gasteiger partial charge >= 0.3 is 12.6 Å². The maximum absolute atomic E-state index is 12.0. The number of ether oxygens (including phenoxy) is 2. The highest BCUT2D eigenvalue weighted by atomic mass is 19.3. The Balaban J connectivity index is 2.43. The van der Waals surface area contributed by atoms with Crippen LogP contribution in [-0.4, -0.2) is 31.1 Å². The summed E-state index contributed by atoms with van der Waals surface area (Å²) in [6.07, 6.45) is 2.58. The van der Waals surface area contributed by atoms with Gasteiger partial charge in [0.25, 0.3) is 5.91 Å². The average molecular weight is 313 g/mol. The number of amides is 1. The summed E-state index contributed by atoms with van der Waals surface area (Å²) in [7, 11) is 0. The van der Waals surface area contributed by atoms with Gasteiger partial charge in [0.05, 0.1) is 0 Å². The average Bonchev–Trinajstić information content (AvgIpc) is 2.43. The molecule has 1 N–H and O–H groups in total. The van der Waals surface area contributed by atoms with Crippen LogP contribution in [0.25, 0.3) is 6.08 Å². The van der Waals surface area contributed by atoms with Crippen LogP contribution in [0.15, 0.2) is 30.3 Å². The summed E-state index contributed by atoms with van der Waals surface area (Å²) in [6, 6.07) is 5.69. The number of nitrogens with one attached hydrogen (secondary N) is 1. The summed E-state index contributed by atoms with van der Waals surface area (Å²) >= 11 is 0. The van der Waals surface area contributed by atoms with E-state index in [1.54, 1.807) is 13.8 Å². The van der Waals surface area contributed by atoms with E-state index in [9.17, 15) is 18.4 Å². The summed E-state index contributed by atoms with van der Waals surface area (Å²) in [6.45, 7) is 0.346. The molecule has 1 amide bonds. The smallest absolute Gasteiger partial charge is 0.387 e. The standard InChI is InChI=1S/C15H17F2NO4/c1-10(2)18-13(19)9-21-14(20)8-5-11-3-6-12(7-4-11)22-15(16)17/h3-8,10,15H,9H2,1-2H3,(H,18,19). The van der Waals surface area contributed by atoms with Gasteiger partial charge in [-0.15, -0.1) is 0 Å². The van der Waals surface area contributed by atoms with Crippen molar-refractivity contribution >= 4 is 18.0 Å². The fourth-order valence-corrected chi connectivity index (χ4v) is 1.47. The number of carbonyl (C=O) groups excluding carboxylic acids is 2. The minimum atomic E-state index is -2.88. The highest BCUT2D eigenvalue weighted by molar-refractivity contribution is 5.89. The second-order valence-electron chi connectivity index (χ2n) is 4.61. The van der Waals surface area contributed by atoms with Crippen molar-refractivity contribution in [3.63, 3.8) is 0 Å². The van der Waals surface area contributed by atoms with Crippen LogP contribution in [0.4, 0.5) is 8.78 Å². The van der Waals surface area contributed by atoms with Gasteiger partial charge in [0.1, 0.15) is 5.75 Å². The third kappa shape index (κ3) is 7.37. The fourth-order valence-electron chi connectivity index (χ4n) is 1.47. The van der Waals surface area contributed by atoms with Crippen molar-refractivity contribution in [2.75, 3.05) is 6.61 Å². The van der Waals surface area contributed by atoms with Crippen LogP contribution in [-0.2, 0) is 14.3 Å². The zero-order chi connectivity index (χ0) is 16.5. The quantitative estimate of drug-likeness (QED) is 0.620. The predicted molar refractivity (Wildman–Crippen MR) is 76.3 cm³/mol. The molecule has 0 radical (unpaired) electrons. The van der Waals surface area contributed by atoms with Gasteiger partial charge in [-0.3, -0.25) is 4.79 Å². The highest BCUT2D eigenvalue weighted by Gasteiger charge is 2.06. The van der Waals surface area contributed by atoms with Gasteiger partial charge in [-0.05, 0) is 37.6 Å². The van der Waals surface area contributed by atoms with Crippen molar-refractivity contribution < 1.29 is 27.8 Å². The lowest BCUT2D eigenvalue weighted by Gasteiger charge is -2.07. The van der Waals surface area contributed by atoms with Crippen molar-refractivity contribution in [3.8, 4) is 5.75 Å². The van der Waals surface area contributed by atoms with Crippen molar-refractivity contribution in [3.05, 3.63) is 35.9 Å². The lowest BCUT2D eigenvalue weighted by Crippen LogP contribution is -2.33. The van der Waals surface area contributed by atoms with E-state index in [0.29, 0.717) is 5.56 Å². The van der Waals surface area contributed by atoms with Crippen LogP contribution in [0.2, 0.25) is 0 Å². The monoisotopic (exact) mass is 313 g/mol. The van der Waals surface area contributed by atoms with Crippen LogP contribution in [0, 0.1) is 0 Å². The summed E-state index contributed by atoms with van der Waals surface area (Å²) in [4.78, 5) is 22.7. The molecule has 0 aliphatic heterocycles. The molecule has 0 spiro atoms. The zero-order valence-electron chi connectivity index (χ0n) is 12.2. The topological polar surface area (TPSA) is 64.6 Å². The molecule has 1 aromatic carbocycles. The molecule has 0 aliphatic rings. The zero-order valence-corrected chi connectivity index (χ0v) is 12.2. The number of hydrogen-bond acceptors (Lipinski definition) is 4. The second kappa shape index (κ2) is 8.76. The first-order valence-corrected chi connectivity index (χ1v) is 6.56. The van der Waals surface area contributed by atoms with Crippen molar-refractivity contribution in [1.29, 1.82) is 0 Å². The van der Waals surface area contributed by atoms with Crippen LogP contribution < -0.4 is 10.1 Å². The van der Waals surface area contributed by atoms with Crippen molar-refractivity contribution in [1.82, 2.24) is 5.32 Å². The molecule has 0 unspecified atom stereocenters. The van der Waals surface area contributed by atoms with Gasteiger partial charge in [-0.1, -0.05) is 12.1 Å². The number of esters is 1. The van der Waals surface area contributed by atoms with Gasteiger partial charge in [0.15, 0.2) is 6.61 Å². The van der Waals surface area contributed by atoms with E-state index in [1.165, 1.54) is 30.3 Å². The number of carbonyl (C=O) groups is 2. The maximum Gasteiger partial charge on any atom is 0.387 e. The minimum Gasteiger partial charge on any atom is -0.452 e. The Kier molecular flexibility index (Phi) is 7.01. The Morgan fingerprint density at radius 2 is 1.86 bits per heavy atom. The van der Waals surface area contributed by atoms with Gasteiger partial charge < -0.3 is 14.8 Å². The lowest BCUT2D eigenvalue weighted by atomic mass is 10.2. The molecular weight excluding hydrogens is 296 g/mol. The van der Waals surface area contributed by atoms with Crippen molar-refractivity contribution in [2.24, 2.45) is 0 Å². The number of hydrogen-bond donors (Lipinski definition) is 1. The Bertz CT molecular complexity index is 527. The molecule has 0 heterocycles. The first kappa shape index (κ1) is 17.6. The van der Waals surface area contributed by atoms with Gasteiger partial charge in [0, 0.05) is 12.1 Å². The van der Waals surface area contributed by atoms with Crippen LogP contribution in [0.1, 0.15) is 19.4 Å². The number of benzene rings is 1. The van der Waals surface area contributed by atoms with Crippen LogP contribution >= 0.6 is 0 Å². The van der Waals surface area contributed by atoms with E-state index in [0.717, 1.165) is 6.08 Å². The predicted octanol–water partition coefficient (Wildman–Crippen LogP) is 2.37. The van der Waals surface area contributed by atoms with Crippen LogP contribution in [0.5, 0.6) is 5.75 Å². The van der Waals surface area contributed by atoms with Crippen molar-refractivity contribution in [2.45, 2.75) is 26.5 Å². The molecule has 1 rings (SSSR count). The minimum absolute atomic E-state index is 0.0279. The molecule has 0 aromatic heterocycles. The maximum atomic E-state index is 12.0. The molecule has 1 aromatic rings. The number of halogens is 2. The molecule has 0 bridgehead atoms. The number of alkyl halides is 2. The second-order valence-corrected chi connectivity index (χ2v) is 4.61. The third-order valence-corrected chi connectivity index (χ3v) is 2.31. The van der Waals surface area contributed by atoms with Crippen LogP contribution in [0.3, 0.4) is 0 Å². The van der Waals surface area contributed by atoms with E-state index in [4.69, 9.17) is 4.74 Å². The van der Waals surface area contributed by atoms with Gasteiger partial charge in [-0.25, -0.2) is 4.79 Å². The van der Waals surface area contributed by atoms with E-state index >= 15 is 0 Å². The third-order valence-electron chi connectivity index (χ3n) is 2.31. The Labute approximate surface area is 126 Å². The summed E-state index contributed by atoms with van der Waals surface area (Å²) in [5, 5.41) is 2.58. The molecule has 0 atom stereocenters. The molecule has 0 fully saturated rings. The SMILES string of the molecule is CC(C)NC(=O)COC(=O)C=Cc1ccc(OC(F)F)cc1. The first-order valence-electron chi connectivity index (χ1n) is 6.56. The first-order chi connectivity index (χ1) is 10.4. The fraction of sp³-hybridized carbons (Fsp3) is 0.333. The molecule has 0 saturated carbocycles.